The van der Waals surface area contributed by atoms with Gasteiger partial charge in [-0.15, -0.1) is 11.3 Å². The fourth-order valence-corrected chi connectivity index (χ4v) is 3.82. The molecule has 0 aliphatic carbocycles. The van der Waals surface area contributed by atoms with Crippen molar-refractivity contribution in [2.45, 2.75) is 13.0 Å². The summed E-state index contributed by atoms with van der Waals surface area (Å²) >= 11 is 4.90. The molecule has 7 heteroatoms. The van der Waals surface area contributed by atoms with Gasteiger partial charge in [0.15, 0.2) is 0 Å². The van der Waals surface area contributed by atoms with Crippen LogP contribution in [0.2, 0.25) is 0 Å². The molecule has 0 fully saturated rings. The van der Waals surface area contributed by atoms with Gasteiger partial charge in [0.25, 0.3) is 0 Å². The largest absolute Gasteiger partial charge is 0.466 e. The van der Waals surface area contributed by atoms with E-state index < -0.39 is 12.0 Å². The molecule has 0 aromatic carbocycles. The average molecular weight is 359 g/mol. The molecule has 0 bridgehead atoms. The Bertz CT molecular complexity index is 596. The van der Waals surface area contributed by atoms with Crippen LogP contribution in [-0.4, -0.2) is 43.0 Å². The van der Waals surface area contributed by atoms with Crippen LogP contribution in [0.4, 0.5) is 4.79 Å². The Labute approximate surface area is 129 Å². The Kier molecular flexibility index (Phi) is 4.19. The molecule has 108 valence electrons. The number of carbonyl (C=O) groups excluding carboxylic acids is 2. The zero-order valence-electron chi connectivity index (χ0n) is 11.6. The molecular formula is C13H15BrN2O3S. The maximum atomic E-state index is 12.2. The SMILES string of the molecule is COC(=O)C1=C(C)N(C)C(=O)N(C)[C@H]1c1ccc(Br)s1. The Hall–Kier alpha value is -1.34. The highest BCUT2D eigenvalue weighted by Gasteiger charge is 2.39. The molecule has 20 heavy (non-hydrogen) atoms. The van der Waals surface area contributed by atoms with Gasteiger partial charge in [0.05, 0.1) is 16.5 Å². The minimum Gasteiger partial charge on any atom is -0.466 e. The number of hydrogen-bond donors (Lipinski definition) is 0. The molecular weight excluding hydrogens is 344 g/mol. The highest BCUT2D eigenvalue weighted by molar-refractivity contribution is 9.11. The molecule has 2 rings (SSSR count). The maximum Gasteiger partial charge on any atom is 0.338 e. The first-order chi connectivity index (χ1) is 9.38. The number of rotatable bonds is 2. The topological polar surface area (TPSA) is 49.9 Å². The quantitative estimate of drug-likeness (QED) is 0.763. The molecule has 0 spiro atoms. The number of carbonyl (C=O) groups is 2. The van der Waals surface area contributed by atoms with E-state index in [1.54, 1.807) is 25.9 Å². The number of halogens is 1. The highest BCUT2D eigenvalue weighted by atomic mass is 79.9. The van der Waals surface area contributed by atoms with E-state index in [1.165, 1.54) is 23.3 Å². The summed E-state index contributed by atoms with van der Waals surface area (Å²) in [6.07, 6.45) is 0. The molecule has 0 N–H and O–H groups in total. The second-order valence-electron chi connectivity index (χ2n) is 4.49. The Morgan fingerprint density at radius 2 is 2.05 bits per heavy atom. The van der Waals surface area contributed by atoms with Crippen molar-refractivity contribution in [1.29, 1.82) is 0 Å². The average Bonchev–Trinajstić information content (AvgIpc) is 2.85. The van der Waals surface area contributed by atoms with Crippen LogP contribution in [0.25, 0.3) is 0 Å². The Morgan fingerprint density at radius 3 is 2.55 bits per heavy atom. The van der Waals surface area contributed by atoms with Gasteiger partial charge in [-0.2, -0.15) is 0 Å². The summed E-state index contributed by atoms with van der Waals surface area (Å²) in [4.78, 5) is 28.3. The summed E-state index contributed by atoms with van der Waals surface area (Å²) < 4.78 is 5.83. The van der Waals surface area contributed by atoms with Crippen molar-refractivity contribution >= 4 is 39.3 Å². The monoisotopic (exact) mass is 358 g/mol. The first-order valence-corrected chi connectivity index (χ1v) is 7.54. The normalized spacial score (nSPS) is 19.6. The Balaban J connectivity index is 2.60. The molecule has 1 atom stereocenters. The zero-order chi connectivity index (χ0) is 15.0. The lowest BCUT2D eigenvalue weighted by Crippen LogP contribution is -2.47. The van der Waals surface area contributed by atoms with Crippen LogP contribution in [-0.2, 0) is 9.53 Å². The van der Waals surface area contributed by atoms with Gasteiger partial charge in [0.1, 0.15) is 6.04 Å². The second kappa shape index (κ2) is 5.57. The zero-order valence-corrected chi connectivity index (χ0v) is 14.0. The number of methoxy groups -OCH3 is 1. The van der Waals surface area contributed by atoms with E-state index >= 15 is 0 Å². The van der Waals surface area contributed by atoms with Gasteiger partial charge in [-0.25, -0.2) is 9.59 Å². The number of esters is 1. The van der Waals surface area contributed by atoms with Crippen LogP contribution >= 0.6 is 27.3 Å². The second-order valence-corrected chi connectivity index (χ2v) is 6.98. The van der Waals surface area contributed by atoms with Gasteiger partial charge in [0, 0.05) is 24.7 Å². The molecule has 0 radical (unpaired) electrons. The highest BCUT2D eigenvalue weighted by Crippen LogP contribution is 2.39. The molecule has 1 aliphatic rings. The van der Waals surface area contributed by atoms with Gasteiger partial charge in [0.2, 0.25) is 0 Å². The van der Waals surface area contributed by atoms with Crippen LogP contribution in [0, 0.1) is 0 Å². The number of urea groups is 1. The minimum absolute atomic E-state index is 0.148. The van der Waals surface area contributed by atoms with Crippen molar-refractivity contribution in [3.63, 3.8) is 0 Å². The first-order valence-electron chi connectivity index (χ1n) is 5.93. The van der Waals surface area contributed by atoms with E-state index in [0.717, 1.165) is 8.66 Å². The van der Waals surface area contributed by atoms with E-state index in [9.17, 15) is 9.59 Å². The van der Waals surface area contributed by atoms with Crippen molar-refractivity contribution in [2.24, 2.45) is 0 Å². The van der Waals surface area contributed by atoms with Gasteiger partial charge >= 0.3 is 12.0 Å². The lowest BCUT2D eigenvalue weighted by molar-refractivity contribution is -0.137. The van der Waals surface area contributed by atoms with Gasteiger partial charge in [-0.3, -0.25) is 0 Å². The number of hydrogen-bond acceptors (Lipinski definition) is 4. The van der Waals surface area contributed by atoms with Crippen LogP contribution in [0.5, 0.6) is 0 Å². The number of amides is 2. The predicted molar refractivity (Wildman–Crippen MR) is 80.4 cm³/mol. The lowest BCUT2D eigenvalue weighted by Gasteiger charge is -2.38. The summed E-state index contributed by atoms with van der Waals surface area (Å²) in [5.74, 6) is -0.414. The van der Waals surface area contributed by atoms with Gasteiger partial charge in [-0.05, 0) is 35.0 Å². The van der Waals surface area contributed by atoms with E-state index in [0.29, 0.717) is 11.3 Å². The third-order valence-corrected chi connectivity index (χ3v) is 5.09. The van der Waals surface area contributed by atoms with Crippen LogP contribution in [0.15, 0.2) is 27.2 Å². The fraction of sp³-hybridized carbons (Fsp3) is 0.385. The minimum atomic E-state index is -0.414. The first kappa shape index (κ1) is 15.1. The van der Waals surface area contributed by atoms with Crippen LogP contribution in [0.3, 0.4) is 0 Å². The predicted octanol–water partition coefficient (Wildman–Crippen LogP) is 3.00. The maximum absolute atomic E-state index is 12.2. The van der Waals surface area contributed by atoms with Crippen molar-refractivity contribution in [3.8, 4) is 0 Å². The number of ether oxygens (including phenoxy) is 1. The van der Waals surface area contributed by atoms with Crippen molar-refractivity contribution in [3.05, 3.63) is 32.1 Å². The molecule has 0 saturated carbocycles. The van der Waals surface area contributed by atoms with Crippen LogP contribution < -0.4 is 0 Å². The van der Waals surface area contributed by atoms with Crippen molar-refractivity contribution < 1.29 is 14.3 Å². The van der Waals surface area contributed by atoms with Crippen LogP contribution in [0.1, 0.15) is 17.8 Å². The van der Waals surface area contributed by atoms with E-state index in [4.69, 9.17) is 4.74 Å². The number of likely N-dealkylation sites (N-methyl/N-ethyl adjacent to an activating group) is 1. The summed E-state index contributed by atoms with van der Waals surface area (Å²) in [6, 6.07) is 3.25. The van der Waals surface area contributed by atoms with Gasteiger partial charge < -0.3 is 14.5 Å². The summed E-state index contributed by atoms with van der Waals surface area (Å²) in [6.45, 7) is 1.76. The van der Waals surface area contributed by atoms with E-state index in [1.807, 2.05) is 12.1 Å². The number of allylic oxidation sites excluding steroid dienone is 1. The summed E-state index contributed by atoms with van der Waals surface area (Å²) in [5.41, 5.74) is 1.11. The molecule has 5 nitrogen and oxygen atoms in total. The molecule has 0 unspecified atom stereocenters. The molecule has 1 aliphatic heterocycles. The number of nitrogens with zero attached hydrogens (tertiary/aromatic N) is 2. The van der Waals surface area contributed by atoms with Crippen molar-refractivity contribution in [1.82, 2.24) is 9.80 Å². The smallest absolute Gasteiger partial charge is 0.338 e. The van der Waals surface area contributed by atoms with Crippen molar-refractivity contribution in [2.75, 3.05) is 21.2 Å². The Morgan fingerprint density at radius 1 is 1.40 bits per heavy atom. The molecule has 0 saturated heterocycles. The molecule has 1 aromatic rings. The summed E-state index contributed by atoms with van der Waals surface area (Å²) in [5, 5.41) is 0. The summed E-state index contributed by atoms with van der Waals surface area (Å²) in [7, 11) is 4.69. The molecule has 1 aromatic heterocycles. The molecule has 2 heterocycles. The standard InChI is InChI=1S/C13H15BrN2O3S/c1-7-10(12(17)19-4)11(8-5-6-9(14)20-8)16(3)13(18)15(7)2/h5-6,11H,1-4H3/t11-/m0/s1. The number of thiophene rings is 1. The third-order valence-electron chi connectivity index (χ3n) is 3.41. The third kappa shape index (κ3) is 2.35. The van der Waals surface area contributed by atoms with E-state index in [2.05, 4.69) is 15.9 Å². The van der Waals surface area contributed by atoms with E-state index in [-0.39, 0.29) is 6.03 Å². The fourth-order valence-electron chi connectivity index (χ4n) is 2.24. The van der Waals surface area contributed by atoms with Gasteiger partial charge in [-0.1, -0.05) is 0 Å². The lowest BCUT2D eigenvalue weighted by atomic mass is 9.99. The molecule has 2 amide bonds.